The molecule has 17 heavy (non-hydrogen) atoms. The van der Waals surface area contributed by atoms with Gasteiger partial charge in [0.1, 0.15) is 5.82 Å². The second-order valence-corrected chi connectivity index (χ2v) is 4.67. The van der Waals surface area contributed by atoms with Crippen LogP contribution in [0.5, 0.6) is 0 Å². The highest BCUT2D eigenvalue weighted by Crippen LogP contribution is 2.20. The average molecular weight is 248 g/mol. The highest BCUT2D eigenvalue weighted by atomic mass is 32.1. The van der Waals surface area contributed by atoms with Gasteiger partial charge >= 0.3 is 0 Å². The molecule has 0 aromatic carbocycles. The first-order chi connectivity index (χ1) is 8.19. The van der Waals surface area contributed by atoms with Crippen LogP contribution in [-0.2, 0) is 0 Å². The predicted octanol–water partition coefficient (Wildman–Crippen LogP) is 3.06. The van der Waals surface area contributed by atoms with Crippen molar-refractivity contribution < 1.29 is 0 Å². The molecule has 0 fully saturated rings. The largest absolute Gasteiger partial charge is 0.363 e. The van der Waals surface area contributed by atoms with Crippen LogP contribution in [0.25, 0.3) is 0 Å². The van der Waals surface area contributed by atoms with E-state index in [9.17, 15) is 0 Å². The van der Waals surface area contributed by atoms with E-state index in [-0.39, 0.29) is 6.04 Å². The summed E-state index contributed by atoms with van der Waals surface area (Å²) >= 11 is 1.70. The van der Waals surface area contributed by atoms with Crippen LogP contribution >= 0.6 is 11.3 Å². The molecular formula is C12H16N4S. The summed E-state index contributed by atoms with van der Waals surface area (Å²) in [6.45, 7) is 4.08. The van der Waals surface area contributed by atoms with Gasteiger partial charge in [-0.1, -0.05) is 0 Å². The summed E-state index contributed by atoms with van der Waals surface area (Å²) in [5.41, 5.74) is 2.22. The Bertz CT molecular complexity index is 481. The lowest BCUT2D eigenvalue weighted by Crippen LogP contribution is -2.09. The maximum Gasteiger partial charge on any atom is 0.224 e. The first kappa shape index (κ1) is 11.9. The second kappa shape index (κ2) is 5.14. The van der Waals surface area contributed by atoms with Gasteiger partial charge in [0.05, 0.1) is 6.04 Å². The molecule has 5 heteroatoms. The summed E-state index contributed by atoms with van der Waals surface area (Å²) in [6, 6.07) is 4.32. The maximum absolute atomic E-state index is 4.37. The third-order valence-electron chi connectivity index (χ3n) is 2.49. The first-order valence-electron chi connectivity index (χ1n) is 5.51. The van der Waals surface area contributed by atoms with E-state index in [1.165, 1.54) is 5.56 Å². The van der Waals surface area contributed by atoms with E-state index < -0.39 is 0 Å². The zero-order valence-corrected chi connectivity index (χ0v) is 11.0. The van der Waals surface area contributed by atoms with Gasteiger partial charge in [0.25, 0.3) is 0 Å². The lowest BCUT2D eigenvalue weighted by atomic mass is 10.2. The van der Waals surface area contributed by atoms with Crippen molar-refractivity contribution in [1.82, 2.24) is 9.97 Å². The molecule has 2 aromatic heterocycles. The van der Waals surface area contributed by atoms with E-state index in [2.05, 4.69) is 44.4 Å². The predicted molar refractivity (Wildman–Crippen MR) is 72.7 cm³/mol. The molecule has 0 bridgehead atoms. The van der Waals surface area contributed by atoms with Gasteiger partial charge in [-0.3, -0.25) is 0 Å². The minimum Gasteiger partial charge on any atom is -0.363 e. The fourth-order valence-corrected chi connectivity index (χ4v) is 2.33. The molecule has 4 nitrogen and oxygen atoms in total. The molecule has 0 aliphatic rings. The van der Waals surface area contributed by atoms with Crippen molar-refractivity contribution in [2.75, 3.05) is 17.7 Å². The quantitative estimate of drug-likeness (QED) is 0.873. The van der Waals surface area contributed by atoms with Gasteiger partial charge in [0.2, 0.25) is 5.95 Å². The van der Waals surface area contributed by atoms with Crippen LogP contribution in [0.4, 0.5) is 11.8 Å². The molecular weight excluding hydrogens is 232 g/mol. The van der Waals surface area contributed by atoms with Crippen LogP contribution in [0, 0.1) is 6.92 Å². The molecule has 90 valence electrons. The van der Waals surface area contributed by atoms with Gasteiger partial charge in [-0.05, 0) is 36.2 Å². The van der Waals surface area contributed by atoms with Crippen molar-refractivity contribution in [3.05, 3.63) is 34.2 Å². The Kier molecular flexibility index (Phi) is 3.58. The molecule has 0 spiro atoms. The van der Waals surface area contributed by atoms with E-state index >= 15 is 0 Å². The van der Waals surface area contributed by atoms with Crippen LogP contribution in [0.1, 0.15) is 24.2 Å². The molecule has 0 amide bonds. The number of rotatable bonds is 4. The second-order valence-electron chi connectivity index (χ2n) is 3.89. The molecule has 0 saturated heterocycles. The molecule has 2 heterocycles. The smallest absolute Gasteiger partial charge is 0.224 e. The van der Waals surface area contributed by atoms with Crippen LogP contribution in [0.15, 0.2) is 22.9 Å². The highest BCUT2D eigenvalue weighted by molar-refractivity contribution is 7.07. The number of anilines is 2. The van der Waals surface area contributed by atoms with Crippen LogP contribution in [0.2, 0.25) is 0 Å². The Morgan fingerprint density at radius 3 is 2.82 bits per heavy atom. The van der Waals surface area contributed by atoms with E-state index in [1.54, 1.807) is 11.3 Å². The van der Waals surface area contributed by atoms with Gasteiger partial charge in [-0.25, -0.2) is 4.98 Å². The Morgan fingerprint density at radius 2 is 2.18 bits per heavy atom. The normalized spacial score (nSPS) is 12.2. The van der Waals surface area contributed by atoms with E-state index in [1.807, 2.05) is 20.0 Å². The number of hydrogen-bond acceptors (Lipinski definition) is 5. The van der Waals surface area contributed by atoms with Crippen molar-refractivity contribution in [3.63, 3.8) is 0 Å². The van der Waals surface area contributed by atoms with Crippen molar-refractivity contribution >= 4 is 23.1 Å². The fourth-order valence-electron chi connectivity index (χ4n) is 1.58. The number of aromatic nitrogens is 2. The van der Waals surface area contributed by atoms with Gasteiger partial charge in [0.15, 0.2) is 0 Å². The maximum atomic E-state index is 4.37. The molecule has 0 aliphatic carbocycles. The molecule has 2 N–H and O–H groups in total. The topological polar surface area (TPSA) is 49.8 Å². The van der Waals surface area contributed by atoms with E-state index in [4.69, 9.17) is 0 Å². The number of nitrogens with zero attached hydrogens (tertiary/aromatic N) is 2. The third-order valence-corrected chi connectivity index (χ3v) is 3.19. The third kappa shape index (κ3) is 2.94. The monoisotopic (exact) mass is 248 g/mol. The Balaban J connectivity index is 2.15. The van der Waals surface area contributed by atoms with Gasteiger partial charge in [-0.15, -0.1) is 0 Å². The number of aryl methyl sites for hydroxylation is 1. The Morgan fingerprint density at radius 1 is 1.35 bits per heavy atom. The zero-order chi connectivity index (χ0) is 12.3. The Hall–Kier alpha value is -1.62. The first-order valence-corrected chi connectivity index (χ1v) is 6.45. The minimum absolute atomic E-state index is 0.250. The standard InChI is InChI=1S/C12H16N4S/c1-8-6-11(16-12(13-3)14-8)15-9(2)10-4-5-17-7-10/h4-7,9H,1-3H3,(H2,13,14,15,16). The van der Waals surface area contributed by atoms with Crippen LogP contribution in [0.3, 0.4) is 0 Å². The van der Waals surface area contributed by atoms with E-state index in [0.29, 0.717) is 5.95 Å². The molecule has 2 aromatic rings. The number of thiophene rings is 1. The van der Waals surface area contributed by atoms with Gasteiger partial charge in [-0.2, -0.15) is 16.3 Å². The van der Waals surface area contributed by atoms with Crippen molar-refractivity contribution in [3.8, 4) is 0 Å². The molecule has 1 atom stereocenters. The average Bonchev–Trinajstić information content (AvgIpc) is 2.81. The number of hydrogen-bond donors (Lipinski definition) is 2. The number of nitrogens with one attached hydrogen (secondary N) is 2. The molecule has 0 radical (unpaired) electrons. The van der Waals surface area contributed by atoms with Crippen molar-refractivity contribution in [2.24, 2.45) is 0 Å². The summed E-state index contributed by atoms with van der Waals surface area (Å²) in [4.78, 5) is 8.63. The fraction of sp³-hybridized carbons (Fsp3) is 0.333. The lowest BCUT2D eigenvalue weighted by molar-refractivity contribution is 0.876. The van der Waals surface area contributed by atoms with E-state index in [0.717, 1.165) is 11.5 Å². The lowest BCUT2D eigenvalue weighted by Gasteiger charge is -2.14. The molecule has 1 unspecified atom stereocenters. The summed E-state index contributed by atoms with van der Waals surface area (Å²) in [5.74, 6) is 1.49. The zero-order valence-electron chi connectivity index (χ0n) is 10.2. The van der Waals surface area contributed by atoms with Crippen LogP contribution in [-0.4, -0.2) is 17.0 Å². The molecule has 0 saturated carbocycles. The van der Waals surface area contributed by atoms with Crippen molar-refractivity contribution in [2.45, 2.75) is 19.9 Å². The summed E-state index contributed by atoms with van der Waals surface area (Å²) in [6.07, 6.45) is 0. The SMILES string of the molecule is CNc1nc(C)cc(NC(C)c2ccsc2)n1. The Labute approximate surface area is 105 Å². The highest BCUT2D eigenvalue weighted by Gasteiger charge is 2.07. The van der Waals surface area contributed by atoms with Gasteiger partial charge in [0, 0.05) is 18.8 Å². The summed E-state index contributed by atoms with van der Waals surface area (Å²) in [5, 5.41) is 10.6. The van der Waals surface area contributed by atoms with Crippen LogP contribution < -0.4 is 10.6 Å². The summed E-state index contributed by atoms with van der Waals surface area (Å²) < 4.78 is 0. The van der Waals surface area contributed by atoms with Gasteiger partial charge < -0.3 is 10.6 Å². The summed E-state index contributed by atoms with van der Waals surface area (Å²) in [7, 11) is 1.82. The minimum atomic E-state index is 0.250. The van der Waals surface area contributed by atoms with Crippen molar-refractivity contribution in [1.29, 1.82) is 0 Å². The molecule has 2 rings (SSSR count). The molecule has 0 aliphatic heterocycles.